The lowest BCUT2D eigenvalue weighted by atomic mass is 9.87. The number of hydrogen-bond acceptors (Lipinski definition) is 6. The third-order valence-corrected chi connectivity index (χ3v) is 7.20. The Morgan fingerprint density at radius 1 is 1.21 bits per heavy atom. The zero-order valence-electron chi connectivity index (χ0n) is 19.3. The summed E-state index contributed by atoms with van der Waals surface area (Å²) in [5.41, 5.74) is 4.80. The summed E-state index contributed by atoms with van der Waals surface area (Å²) in [6.07, 6.45) is 15.0. The van der Waals surface area contributed by atoms with Gasteiger partial charge in [-0.15, -0.1) is 0 Å². The molecule has 2 aliphatic heterocycles. The van der Waals surface area contributed by atoms with Crippen molar-refractivity contribution < 1.29 is 9.47 Å². The second kappa shape index (κ2) is 8.75. The number of piperidine rings is 1. The highest BCUT2D eigenvalue weighted by molar-refractivity contribution is 5.85. The maximum atomic E-state index is 9.73. The summed E-state index contributed by atoms with van der Waals surface area (Å²) in [6.45, 7) is 3.39. The quantitative estimate of drug-likeness (QED) is 0.625. The number of nitrogens with zero attached hydrogens (tertiary/aromatic N) is 5. The molecule has 3 aliphatic rings. The normalized spacial score (nSPS) is 22.2. The maximum Gasteiger partial charge on any atom is 0.145 e. The average Bonchev–Trinajstić information content (AvgIpc) is 3.49. The highest BCUT2D eigenvalue weighted by Gasteiger charge is 2.26. The van der Waals surface area contributed by atoms with Gasteiger partial charge in [0.15, 0.2) is 0 Å². The van der Waals surface area contributed by atoms with Crippen molar-refractivity contribution >= 4 is 11.0 Å². The van der Waals surface area contributed by atoms with Crippen LogP contribution in [-0.2, 0) is 9.47 Å². The van der Waals surface area contributed by atoms with Crippen molar-refractivity contribution in [3.05, 3.63) is 59.9 Å². The topological polar surface area (TPSA) is 92.0 Å². The number of nitrogens with one attached hydrogen (secondary N) is 1. The SMILES string of the molecule is CN1CCC(n2cc(-c3cnc4[nH]cc(C5C=CC(OC6COC6)=C(C#N)C5)c4c3)cn2)CC1. The fourth-order valence-corrected chi connectivity index (χ4v) is 5.01. The molecule has 5 heterocycles. The largest absolute Gasteiger partial charge is 0.485 e. The van der Waals surface area contributed by atoms with Crippen LogP contribution in [0.3, 0.4) is 0 Å². The van der Waals surface area contributed by atoms with E-state index in [0.717, 1.165) is 53.7 Å². The number of rotatable bonds is 5. The molecule has 0 aromatic carbocycles. The molecule has 1 unspecified atom stereocenters. The summed E-state index contributed by atoms with van der Waals surface area (Å²) in [5, 5.41) is 15.5. The molecule has 174 valence electrons. The minimum Gasteiger partial charge on any atom is -0.485 e. The summed E-state index contributed by atoms with van der Waals surface area (Å²) in [6, 6.07) is 4.98. The van der Waals surface area contributed by atoms with E-state index >= 15 is 0 Å². The van der Waals surface area contributed by atoms with Gasteiger partial charge in [0.1, 0.15) is 17.5 Å². The molecule has 2 fully saturated rings. The van der Waals surface area contributed by atoms with Crippen molar-refractivity contribution in [3.8, 4) is 17.2 Å². The van der Waals surface area contributed by atoms with Gasteiger partial charge in [-0.3, -0.25) is 4.68 Å². The summed E-state index contributed by atoms with van der Waals surface area (Å²) in [4.78, 5) is 10.4. The monoisotopic (exact) mass is 456 g/mol. The van der Waals surface area contributed by atoms with E-state index in [1.807, 2.05) is 24.7 Å². The lowest BCUT2D eigenvalue weighted by Crippen LogP contribution is -2.36. The van der Waals surface area contributed by atoms with Crippen molar-refractivity contribution in [1.29, 1.82) is 5.26 Å². The Bertz CT molecular complexity index is 1300. The van der Waals surface area contributed by atoms with E-state index in [1.54, 1.807) is 0 Å². The molecule has 1 aliphatic carbocycles. The van der Waals surface area contributed by atoms with Gasteiger partial charge in [0, 0.05) is 41.0 Å². The van der Waals surface area contributed by atoms with Gasteiger partial charge >= 0.3 is 0 Å². The molecule has 8 heteroatoms. The van der Waals surface area contributed by atoms with Crippen LogP contribution in [0.15, 0.2) is 54.3 Å². The lowest BCUT2D eigenvalue weighted by molar-refractivity contribution is -0.106. The molecule has 3 aromatic rings. The van der Waals surface area contributed by atoms with Gasteiger partial charge in [-0.2, -0.15) is 10.4 Å². The average molecular weight is 457 g/mol. The molecule has 2 saturated heterocycles. The molecule has 0 bridgehead atoms. The summed E-state index contributed by atoms with van der Waals surface area (Å²) in [5.74, 6) is 0.763. The first kappa shape index (κ1) is 21.1. The number of allylic oxidation sites excluding steroid dienone is 3. The van der Waals surface area contributed by atoms with E-state index in [9.17, 15) is 5.26 Å². The van der Waals surface area contributed by atoms with Crippen LogP contribution in [0.1, 0.15) is 36.8 Å². The molecule has 34 heavy (non-hydrogen) atoms. The molecule has 0 amide bonds. The number of aromatic nitrogens is 4. The second-order valence-electron chi connectivity index (χ2n) is 9.51. The van der Waals surface area contributed by atoms with E-state index in [4.69, 9.17) is 9.47 Å². The summed E-state index contributed by atoms with van der Waals surface area (Å²) < 4.78 is 13.2. The Morgan fingerprint density at radius 3 is 2.82 bits per heavy atom. The van der Waals surface area contributed by atoms with E-state index in [2.05, 4.69) is 56.1 Å². The van der Waals surface area contributed by atoms with Crippen molar-refractivity contribution in [2.75, 3.05) is 33.4 Å². The number of pyridine rings is 1. The molecular weight excluding hydrogens is 428 g/mol. The van der Waals surface area contributed by atoms with Crippen LogP contribution in [0.25, 0.3) is 22.2 Å². The fourth-order valence-electron chi connectivity index (χ4n) is 5.01. The van der Waals surface area contributed by atoms with Crippen LogP contribution in [0, 0.1) is 11.3 Å². The minimum atomic E-state index is 0.0508. The van der Waals surface area contributed by atoms with E-state index in [1.165, 1.54) is 0 Å². The molecular formula is C26H28N6O2. The molecule has 1 atom stereocenters. The van der Waals surface area contributed by atoms with Gasteiger partial charge < -0.3 is 19.4 Å². The summed E-state index contributed by atoms with van der Waals surface area (Å²) in [7, 11) is 2.17. The predicted octanol–water partition coefficient (Wildman–Crippen LogP) is 3.93. The van der Waals surface area contributed by atoms with Crippen molar-refractivity contribution in [3.63, 3.8) is 0 Å². The first-order valence-corrected chi connectivity index (χ1v) is 11.9. The first-order chi connectivity index (χ1) is 16.7. The van der Waals surface area contributed by atoms with Gasteiger partial charge in [-0.1, -0.05) is 6.08 Å². The highest BCUT2D eigenvalue weighted by atomic mass is 16.6. The summed E-state index contributed by atoms with van der Waals surface area (Å²) >= 11 is 0. The number of aromatic amines is 1. The van der Waals surface area contributed by atoms with Crippen LogP contribution in [-0.4, -0.2) is 64.1 Å². The number of ether oxygens (including phenoxy) is 2. The van der Waals surface area contributed by atoms with Crippen LogP contribution in [0.5, 0.6) is 0 Å². The third-order valence-electron chi connectivity index (χ3n) is 7.20. The van der Waals surface area contributed by atoms with E-state index in [0.29, 0.717) is 37.0 Å². The smallest absolute Gasteiger partial charge is 0.145 e. The molecule has 6 rings (SSSR count). The number of H-pyrrole nitrogens is 1. The zero-order valence-corrected chi connectivity index (χ0v) is 19.3. The zero-order chi connectivity index (χ0) is 23.1. The van der Waals surface area contributed by atoms with Crippen molar-refractivity contribution in [1.82, 2.24) is 24.6 Å². The van der Waals surface area contributed by atoms with Crippen LogP contribution >= 0.6 is 0 Å². The Morgan fingerprint density at radius 2 is 2.06 bits per heavy atom. The molecule has 1 N–H and O–H groups in total. The van der Waals surface area contributed by atoms with Crippen molar-refractivity contribution in [2.45, 2.75) is 37.3 Å². The van der Waals surface area contributed by atoms with E-state index < -0.39 is 0 Å². The van der Waals surface area contributed by atoms with Crippen LogP contribution < -0.4 is 0 Å². The van der Waals surface area contributed by atoms with Crippen molar-refractivity contribution in [2.24, 2.45) is 0 Å². The van der Waals surface area contributed by atoms with Gasteiger partial charge in [0.05, 0.1) is 37.1 Å². The Kier molecular flexibility index (Phi) is 5.44. The fraction of sp³-hybridized carbons (Fsp3) is 0.423. The molecule has 0 radical (unpaired) electrons. The number of nitriles is 1. The molecule has 0 saturated carbocycles. The van der Waals surface area contributed by atoms with Gasteiger partial charge in [0.25, 0.3) is 0 Å². The Hall–Kier alpha value is -3.41. The van der Waals surface area contributed by atoms with Gasteiger partial charge in [-0.25, -0.2) is 4.98 Å². The van der Waals surface area contributed by atoms with Gasteiger partial charge in [0.2, 0.25) is 0 Å². The Balaban J connectivity index is 1.25. The maximum absolute atomic E-state index is 9.73. The first-order valence-electron chi connectivity index (χ1n) is 11.9. The van der Waals surface area contributed by atoms with Crippen LogP contribution in [0.2, 0.25) is 0 Å². The second-order valence-corrected chi connectivity index (χ2v) is 9.51. The molecule has 3 aromatic heterocycles. The number of fused-ring (bicyclic) bond motifs is 1. The standard InChI is InChI=1S/C26H28N6O2/c1-31-6-4-21(5-7-31)32-14-20(12-30-32)19-9-23-24(13-29-26(23)28-11-19)17-2-3-25(18(8-17)10-27)34-22-15-33-16-22/h2-3,9,11-14,17,21-22H,4-8,15-16H2,1H3,(H,28,29). The number of hydrogen-bond donors (Lipinski definition) is 1. The van der Waals surface area contributed by atoms with Crippen LogP contribution in [0.4, 0.5) is 0 Å². The predicted molar refractivity (Wildman–Crippen MR) is 128 cm³/mol. The third kappa shape index (κ3) is 3.91. The Labute approximate surface area is 198 Å². The van der Waals surface area contributed by atoms with Gasteiger partial charge in [-0.05, 0) is 57.1 Å². The minimum absolute atomic E-state index is 0.0508. The lowest BCUT2D eigenvalue weighted by Gasteiger charge is -2.29. The highest BCUT2D eigenvalue weighted by Crippen LogP contribution is 2.37. The molecule has 8 nitrogen and oxygen atoms in total. The molecule has 0 spiro atoms. The number of likely N-dealkylation sites (tertiary alicyclic amines) is 1. The van der Waals surface area contributed by atoms with E-state index in [-0.39, 0.29) is 12.0 Å².